The van der Waals surface area contributed by atoms with Crippen molar-refractivity contribution in [3.63, 3.8) is 0 Å². The van der Waals surface area contributed by atoms with Crippen molar-refractivity contribution < 1.29 is 14.3 Å². The predicted octanol–water partition coefficient (Wildman–Crippen LogP) is 4.01. The average molecular weight is 337 g/mol. The van der Waals surface area contributed by atoms with Gasteiger partial charge in [-0.3, -0.25) is 4.98 Å². The van der Waals surface area contributed by atoms with Crippen LogP contribution in [0.15, 0.2) is 45.7 Å². The molecule has 0 saturated carbocycles. The monoisotopic (exact) mass is 337 g/mol. The van der Waals surface area contributed by atoms with Crippen LogP contribution in [0.25, 0.3) is 22.6 Å². The summed E-state index contributed by atoms with van der Waals surface area (Å²) in [6, 6.07) is 9.04. The van der Waals surface area contributed by atoms with Gasteiger partial charge < -0.3 is 14.3 Å². The molecule has 0 spiro atoms. The molecule has 0 aliphatic heterocycles. The van der Waals surface area contributed by atoms with Crippen LogP contribution in [-0.4, -0.2) is 17.2 Å². The van der Waals surface area contributed by atoms with E-state index in [-0.39, 0.29) is 17.1 Å². The van der Waals surface area contributed by atoms with Gasteiger partial charge in [-0.15, -0.1) is 0 Å². The van der Waals surface area contributed by atoms with E-state index in [1.54, 1.807) is 31.3 Å². The van der Waals surface area contributed by atoms with E-state index in [1.807, 2.05) is 26.0 Å². The van der Waals surface area contributed by atoms with Crippen LogP contribution >= 0.6 is 0 Å². The Balaban J connectivity index is 2.31. The molecule has 2 aromatic heterocycles. The lowest BCUT2D eigenvalue weighted by Gasteiger charge is -2.15. The number of pyridine rings is 1. The fraction of sp³-hybridized carbons (Fsp3) is 0.200. The Bertz CT molecular complexity index is 991. The number of benzene rings is 1. The number of aromatic nitrogens is 1. The quantitative estimate of drug-likeness (QED) is 0.782. The summed E-state index contributed by atoms with van der Waals surface area (Å²) in [4.78, 5) is 16.9. The summed E-state index contributed by atoms with van der Waals surface area (Å²) in [7, 11) is 1.53. The second-order valence-electron chi connectivity index (χ2n) is 5.94. The molecule has 0 atom stereocenters. The Morgan fingerprint density at radius 3 is 2.52 bits per heavy atom. The van der Waals surface area contributed by atoms with Crippen molar-refractivity contribution >= 4 is 0 Å². The Hall–Kier alpha value is -3.08. The number of rotatable bonds is 3. The molecule has 5 heteroatoms. The largest absolute Gasteiger partial charge is 0.507 e. The fourth-order valence-corrected chi connectivity index (χ4v) is 2.98. The van der Waals surface area contributed by atoms with E-state index in [0.717, 1.165) is 11.1 Å². The highest BCUT2D eigenvalue weighted by Crippen LogP contribution is 2.40. The minimum absolute atomic E-state index is 0.103. The predicted molar refractivity (Wildman–Crippen MR) is 96.1 cm³/mol. The second kappa shape index (κ2) is 6.43. The van der Waals surface area contributed by atoms with Gasteiger partial charge >= 0.3 is 5.63 Å². The van der Waals surface area contributed by atoms with Crippen LogP contribution < -0.4 is 10.4 Å². The molecule has 0 aliphatic carbocycles. The topological polar surface area (TPSA) is 72.6 Å². The molecule has 0 saturated heterocycles. The van der Waals surface area contributed by atoms with Gasteiger partial charge in [0.1, 0.15) is 22.8 Å². The minimum atomic E-state index is -0.631. The number of nitrogens with zero attached hydrogens (tertiary/aromatic N) is 1. The fourth-order valence-electron chi connectivity index (χ4n) is 2.98. The molecule has 128 valence electrons. The molecule has 3 aromatic rings. The van der Waals surface area contributed by atoms with Crippen LogP contribution in [-0.2, 0) is 0 Å². The molecule has 0 aliphatic rings. The standard InChI is InChI=1S/C20H19NO4/c1-11-9-12(2)16(15(10-11)24-4)17-18(22)13(3)19(25-20(17)23)14-7-5-6-8-21-14/h5-10,22H,1-4H3. The maximum Gasteiger partial charge on any atom is 0.348 e. The van der Waals surface area contributed by atoms with Gasteiger partial charge in [0.05, 0.1) is 7.11 Å². The maximum atomic E-state index is 12.7. The van der Waals surface area contributed by atoms with Gasteiger partial charge in [-0.1, -0.05) is 12.1 Å². The van der Waals surface area contributed by atoms with E-state index < -0.39 is 5.63 Å². The van der Waals surface area contributed by atoms with Gasteiger partial charge in [-0.2, -0.15) is 0 Å². The number of hydrogen-bond donors (Lipinski definition) is 1. The first-order valence-corrected chi connectivity index (χ1v) is 7.87. The smallest absolute Gasteiger partial charge is 0.348 e. The van der Waals surface area contributed by atoms with Gasteiger partial charge in [-0.25, -0.2) is 4.79 Å². The molecule has 2 heterocycles. The highest BCUT2D eigenvalue weighted by molar-refractivity contribution is 5.80. The van der Waals surface area contributed by atoms with Gasteiger partial charge in [0, 0.05) is 17.3 Å². The number of methoxy groups -OCH3 is 1. The van der Waals surface area contributed by atoms with Crippen molar-refractivity contribution in [2.45, 2.75) is 20.8 Å². The van der Waals surface area contributed by atoms with Crippen molar-refractivity contribution in [3.8, 4) is 34.1 Å². The molecule has 25 heavy (non-hydrogen) atoms. The molecule has 0 amide bonds. The van der Waals surface area contributed by atoms with Crippen LogP contribution in [0.1, 0.15) is 16.7 Å². The molecule has 0 fully saturated rings. The lowest BCUT2D eigenvalue weighted by atomic mass is 9.96. The Labute approximate surface area is 145 Å². The average Bonchev–Trinajstić information content (AvgIpc) is 2.60. The summed E-state index contributed by atoms with van der Waals surface area (Å²) in [6.07, 6.45) is 1.60. The highest BCUT2D eigenvalue weighted by Gasteiger charge is 2.23. The molecule has 0 bridgehead atoms. The molecular weight excluding hydrogens is 318 g/mol. The van der Waals surface area contributed by atoms with Crippen molar-refractivity contribution in [2.24, 2.45) is 0 Å². The van der Waals surface area contributed by atoms with Crippen molar-refractivity contribution in [1.82, 2.24) is 4.98 Å². The Morgan fingerprint density at radius 1 is 1.12 bits per heavy atom. The second-order valence-corrected chi connectivity index (χ2v) is 5.94. The molecule has 1 aromatic carbocycles. The van der Waals surface area contributed by atoms with Crippen LogP contribution in [0.3, 0.4) is 0 Å². The minimum Gasteiger partial charge on any atom is -0.507 e. The van der Waals surface area contributed by atoms with E-state index in [9.17, 15) is 9.90 Å². The SMILES string of the molecule is COc1cc(C)cc(C)c1-c1c(O)c(C)c(-c2ccccn2)oc1=O. The summed E-state index contributed by atoms with van der Waals surface area (Å²) in [6.45, 7) is 5.50. The lowest BCUT2D eigenvalue weighted by molar-refractivity contribution is 0.413. The molecule has 1 N–H and O–H groups in total. The number of aryl methyl sites for hydroxylation is 2. The van der Waals surface area contributed by atoms with Crippen LogP contribution in [0.2, 0.25) is 0 Å². The molecule has 5 nitrogen and oxygen atoms in total. The number of ether oxygens (including phenoxy) is 1. The van der Waals surface area contributed by atoms with Gasteiger partial charge in [0.15, 0.2) is 5.76 Å². The molecule has 0 unspecified atom stereocenters. The van der Waals surface area contributed by atoms with Crippen LogP contribution in [0, 0.1) is 20.8 Å². The zero-order valence-electron chi connectivity index (χ0n) is 14.6. The highest BCUT2D eigenvalue weighted by atomic mass is 16.5. The van der Waals surface area contributed by atoms with E-state index >= 15 is 0 Å². The number of aromatic hydroxyl groups is 1. The van der Waals surface area contributed by atoms with E-state index in [4.69, 9.17) is 9.15 Å². The first-order valence-electron chi connectivity index (χ1n) is 7.87. The molecule has 0 radical (unpaired) electrons. The first-order chi connectivity index (χ1) is 11.9. The Morgan fingerprint density at radius 2 is 1.88 bits per heavy atom. The third kappa shape index (κ3) is 2.89. The van der Waals surface area contributed by atoms with Gasteiger partial charge in [0.25, 0.3) is 0 Å². The summed E-state index contributed by atoms with van der Waals surface area (Å²) in [5, 5.41) is 10.7. The zero-order valence-corrected chi connectivity index (χ0v) is 14.6. The normalized spacial score (nSPS) is 10.7. The van der Waals surface area contributed by atoms with Crippen molar-refractivity contribution in [3.05, 3.63) is 63.6 Å². The van der Waals surface area contributed by atoms with Gasteiger partial charge in [0.2, 0.25) is 0 Å². The summed E-state index contributed by atoms with van der Waals surface area (Å²) >= 11 is 0. The molecular formula is C20H19NO4. The van der Waals surface area contributed by atoms with Crippen LogP contribution in [0.4, 0.5) is 0 Å². The summed E-state index contributed by atoms with van der Waals surface area (Å²) in [5.41, 5.74) is 2.78. The number of hydrogen-bond acceptors (Lipinski definition) is 5. The maximum absolute atomic E-state index is 12.7. The van der Waals surface area contributed by atoms with E-state index in [1.165, 1.54) is 7.11 Å². The molecule has 3 rings (SSSR count). The third-order valence-electron chi connectivity index (χ3n) is 4.14. The van der Waals surface area contributed by atoms with Gasteiger partial charge in [-0.05, 0) is 50.1 Å². The zero-order chi connectivity index (χ0) is 18.1. The van der Waals surface area contributed by atoms with Crippen LogP contribution in [0.5, 0.6) is 11.5 Å². The Kier molecular flexibility index (Phi) is 4.31. The van der Waals surface area contributed by atoms with Crippen molar-refractivity contribution in [1.29, 1.82) is 0 Å². The van der Waals surface area contributed by atoms with Crippen molar-refractivity contribution in [2.75, 3.05) is 7.11 Å². The summed E-state index contributed by atoms with van der Waals surface area (Å²) < 4.78 is 10.9. The lowest BCUT2D eigenvalue weighted by Crippen LogP contribution is -2.08. The first kappa shape index (κ1) is 16.8. The van der Waals surface area contributed by atoms with E-state index in [2.05, 4.69) is 4.98 Å². The van der Waals surface area contributed by atoms with E-state index in [0.29, 0.717) is 22.6 Å². The summed E-state index contributed by atoms with van der Waals surface area (Å²) in [5.74, 6) is 0.655. The third-order valence-corrected chi connectivity index (χ3v) is 4.14.